The number of hydrogen-bond acceptors (Lipinski definition) is 5. The summed E-state index contributed by atoms with van der Waals surface area (Å²) in [6, 6.07) is 13.1. The second-order valence-corrected chi connectivity index (χ2v) is 7.17. The SMILES string of the molecule is O=C(Nc1ccc(F)cc1)c1nnc(CSc2ccccc2Cl)s1. The summed E-state index contributed by atoms with van der Waals surface area (Å²) in [5.41, 5.74) is 0.503. The number of nitrogens with one attached hydrogen (secondary N) is 1. The molecule has 0 radical (unpaired) electrons. The summed E-state index contributed by atoms with van der Waals surface area (Å²) in [5.74, 6) is -0.151. The molecule has 0 aliphatic rings. The molecule has 0 bridgehead atoms. The summed E-state index contributed by atoms with van der Waals surface area (Å²) in [6.07, 6.45) is 0. The molecule has 8 heteroatoms. The molecule has 3 aromatic rings. The first-order valence-electron chi connectivity index (χ1n) is 6.88. The molecule has 0 unspecified atom stereocenters. The van der Waals surface area contributed by atoms with Gasteiger partial charge in [0.1, 0.15) is 10.8 Å². The molecule has 1 heterocycles. The predicted molar refractivity (Wildman–Crippen MR) is 95.3 cm³/mol. The number of carbonyl (C=O) groups is 1. The number of rotatable bonds is 5. The van der Waals surface area contributed by atoms with Crippen molar-refractivity contribution in [2.45, 2.75) is 10.6 Å². The van der Waals surface area contributed by atoms with Gasteiger partial charge in [-0.25, -0.2) is 4.39 Å². The molecule has 0 aliphatic carbocycles. The van der Waals surface area contributed by atoms with E-state index in [-0.39, 0.29) is 16.7 Å². The minimum Gasteiger partial charge on any atom is -0.320 e. The second kappa shape index (κ2) is 7.74. The predicted octanol–water partition coefficient (Wildman–Crippen LogP) is 4.88. The topological polar surface area (TPSA) is 54.9 Å². The molecule has 3 rings (SSSR count). The summed E-state index contributed by atoms with van der Waals surface area (Å²) < 4.78 is 12.9. The van der Waals surface area contributed by atoms with Crippen LogP contribution in [-0.2, 0) is 5.75 Å². The molecule has 0 saturated carbocycles. The molecule has 0 aliphatic heterocycles. The largest absolute Gasteiger partial charge is 0.320 e. The first-order chi connectivity index (χ1) is 11.6. The second-order valence-electron chi connectivity index (χ2n) is 4.68. The van der Waals surface area contributed by atoms with E-state index in [0.717, 1.165) is 9.90 Å². The molecule has 1 aromatic heterocycles. The van der Waals surface area contributed by atoms with E-state index in [1.54, 1.807) is 0 Å². The minimum absolute atomic E-state index is 0.258. The summed E-state index contributed by atoms with van der Waals surface area (Å²) in [6.45, 7) is 0. The van der Waals surface area contributed by atoms with Gasteiger partial charge < -0.3 is 5.32 Å². The van der Waals surface area contributed by atoms with Crippen molar-refractivity contribution in [2.75, 3.05) is 5.32 Å². The maximum absolute atomic E-state index is 12.9. The lowest BCUT2D eigenvalue weighted by Crippen LogP contribution is -2.11. The Kier molecular flexibility index (Phi) is 5.44. The third kappa shape index (κ3) is 4.31. The maximum Gasteiger partial charge on any atom is 0.286 e. The lowest BCUT2D eigenvalue weighted by molar-refractivity contribution is 0.102. The van der Waals surface area contributed by atoms with E-state index in [9.17, 15) is 9.18 Å². The van der Waals surface area contributed by atoms with E-state index < -0.39 is 0 Å². The van der Waals surface area contributed by atoms with Crippen LogP contribution in [0.4, 0.5) is 10.1 Å². The number of anilines is 1. The van der Waals surface area contributed by atoms with Gasteiger partial charge in [0.05, 0.1) is 10.8 Å². The van der Waals surface area contributed by atoms with Crippen LogP contribution in [0, 0.1) is 5.82 Å². The average Bonchev–Trinajstić information content (AvgIpc) is 3.05. The van der Waals surface area contributed by atoms with Crippen molar-refractivity contribution in [1.82, 2.24) is 10.2 Å². The third-order valence-corrected chi connectivity index (χ3v) is 5.58. The summed E-state index contributed by atoms with van der Waals surface area (Å²) in [5, 5.41) is 12.2. The van der Waals surface area contributed by atoms with E-state index in [4.69, 9.17) is 11.6 Å². The number of benzene rings is 2. The van der Waals surface area contributed by atoms with Crippen LogP contribution in [0.1, 0.15) is 14.8 Å². The number of hydrogen-bond donors (Lipinski definition) is 1. The van der Waals surface area contributed by atoms with Crippen molar-refractivity contribution in [3.05, 3.63) is 69.4 Å². The first kappa shape index (κ1) is 16.9. The Morgan fingerprint density at radius 2 is 1.92 bits per heavy atom. The summed E-state index contributed by atoms with van der Waals surface area (Å²) in [4.78, 5) is 13.1. The van der Waals surface area contributed by atoms with Crippen molar-refractivity contribution in [1.29, 1.82) is 0 Å². The number of aromatic nitrogens is 2. The van der Waals surface area contributed by atoms with Crippen LogP contribution in [0.5, 0.6) is 0 Å². The minimum atomic E-state index is -0.367. The Labute approximate surface area is 151 Å². The Balaban J connectivity index is 1.61. The third-order valence-electron chi connectivity index (χ3n) is 2.95. The molecule has 0 atom stereocenters. The van der Waals surface area contributed by atoms with Crippen LogP contribution in [0.15, 0.2) is 53.4 Å². The number of carbonyl (C=O) groups excluding carboxylic acids is 1. The number of amides is 1. The van der Waals surface area contributed by atoms with Crippen molar-refractivity contribution < 1.29 is 9.18 Å². The van der Waals surface area contributed by atoms with Crippen molar-refractivity contribution >= 4 is 46.3 Å². The van der Waals surface area contributed by atoms with Crippen molar-refractivity contribution in [3.8, 4) is 0 Å². The normalized spacial score (nSPS) is 10.6. The Bertz CT molecular complexity index is 855. The lowest BCUT2D eigenvalue weighted by atomic mass is 10.3. The van der Waals surface area contributed by atoms with E-state index in [0.29, 0.717) is 16.5 Å². The highest BCUT2D eigenvalue weighted by Gasteiger charge is 2.13. The number of nitrogens with zero attached hydrogens (tertiary/aromatic N) is 2. The first-order valence-corrected chi connectivity index (χ1v) is 9.06. The van der Waals surface area contributed by atoms with Gasteiger partial charge >= 0.3 is 0 Å². The zero-order chi connectivity index (χ0) is 16.9. The van der Waals surface area contributed by atoms with Crippen LogP contribution < -0.4 is 5.32 Å². The zero-order valence-corrected chi connectivity index (χ0v) is 14.6. The van der Waals surface area contributed by atoms with E-state index >= 15 is 0 Å². The molecule has 1 N–H and O–H groups in total. The fourth-order valence-electron chi connectivity index (χ4n) is 1.82. The molecular formula is C16H11ClFN3OS2. The smallest absolute Gasteiger partial charge is 0.286 e. The molecule has 0 fully saturated rings. The van der Waals surface area contributed by atoms with Crippen molar-refractivity contribution in [3.63, 3.8) is 0 Å². The molecular weight excluding hydrogens is 369 g/mol. The van der Waals surface area contributed by atoms with Gasteiger partial charge in [0, 0.05) is 10.6 Å². The van der Waals surface area contributed by atoms with Crippen LogP contribution in [0.3, 0.4) is 0 Å². The lowest BCUT2D eigenvalue weighted by Gasteiger charge is -2.01. The maximum atomic E-state index is 12.9. The van der Waals surface area contributed by atoms with E-state index in [2.05, 4.69) is 15.5 Å². The molecule has 2 aromatic carbocycles. The van der Waals surface area contributed by atoms with Crippen LogP contribution >= 0.6 is 34.7 Å². The fourth-order valence-corrected chi connectivity index (χ4v) is 3.78. The Morgan fingerprint density at radius 3 is 2.67 bits per heavy atom. The molecule has 4 nitrogen and oxygen atoms in total. The monoisotopic (exact) mass is 379 g/mol. The Hall–Kier alpha value is -1.96. The van der Waals surface area contributed by atoms with Crippen LogP contribution in [-0.4, -0.2) is 16.1 Å². The fraction of sp³-hybridized carbons (Fsp3) is 0.0625. The highest BCUT2D eigenvalue weighted by Crippen LogP contribution is 2.30. The van der Waals surface area contributed by atoms with Crippen LogP contribution in [0.2, 0.25) is 5.02 Å². The van der Waals surface area contributed by atoms with Crippen molar-refractivity contribution in [2.24, 2.45) is 0 Å². The Morgan fingerprint density at radius 1 is 1.17 bits per heavy atom. The van der Waals surface area contributed by atoms with Gasteiger partial charge in [0.2, 0.25) is 5.01 Å². The highest BCUT2D eigenvalue weighted by molar-refractivity contribution is 7.98. The average molecular weight is 380 g/mol. The zero-order valence-electron chi connectivity index (χ0n) is 12.2. The van der Waals surface area contributed by atoms with E-state index in [1.807, 2.05) is 24.3 Å². The number of halogens is 2. The van der Waals surface area contributed by atoms with Gasteiger partial charge in [-0.05, 0) is 36.4 Å². The van der Waals surface area contributed by atoms with E-state index in [1.165, 1.54) is 47.4 Å². The number of thioether (sulfide) groups is 1. The molecule has 24 heavy (non-hydrogen) atoms. The summed E-state index contributed by atoms with van der Waals surface area (Å²) in [7, 11) is 0. The molecule has 1 amide bonds. The van der Waals surface area contributed by atoms with Crippen LogP contribution in [0.25, 0.3) is 0 Å². The highest BCUT2D eigenvalue weighted by atomic mass is 35.5. The summed E-state index contributed by atoms with van der Waals surface area (Å²) >= 11 is 8.85. The standard InChI is InChI=1S/C16H11ClFN3OS2/c17-12-3-1-2-4-13(12)23-9-14-20-21-16(24-14)15(22)19-11-7-5-10(18)6-8-11/h1-8H,9H2,(H,19,22). The van der Waals surface area contributed by atoms with Gasteiger partial charge in [0.15, 0.2) is 0 Å². The van der Waals surface area contributed by atoms with Gasteiger partial charge in [-0.3, -0.25) is 4.79 Å². The molecule has 0 spiro atoms. The van der Waals surface area contributed by atoms with Gasteiger partial charge in [-0.15, -0.1) is 22.0 Å². The van der Waals surface area contributed by atoms with Gasteiger partial charge in [-0.1, -0.05) is 35.1 Å². The quantitative estimate of drug-likeness (QED) is 0.642. The van der Waals surface area contributed by atoms with Gasteiger partial charge in [-0.2, -0.15) is 0 Å². The van der Waals surface area contributed by atoms with Gasteiger partial charge in [0.25, 0.3) is 5.91 Å². The molecule has 122 valence electrons. The molecule has 0 saturated heterocycles.